The van der Waals surface area contributed by atoms with Gasteiger partial charge in [0.05, 0.1) is 18.6 Å². The van der Waals surface area contributed by atoms with Crippen LogP contribution >= 0.6 is 0 Å². The van der Waals surface area contributed by atoms with Crippen LogP contribution in [0.1, 0.15) is 31.9 Å². The third-order valence-corrected chi connectivity index (χ3v) is 4.66. The molecular formula is C19H21F2NO3. The van der Waals surface area contributed by atoms with Gasteiger partial charge in [0, 0.05) is 23.8 Å². The minimum absolute atomic E-state index is 0.0237. The van der Waals surface area contributed by atoms with E-state index < -0.39 is 23.5 Å². The van der Waals surface area contributed by atoms with Crippen molar-refractivity contribution in [2.45, 2.75) is 34.0 Å². The van der Waals surface area contributed by atoms with E-state index in [-0.39, 0.29) is 35.7 Å². The fourth-order valence-corrected chi connectivity index (χ4v) is 2.99. The van der Waals surface area contributed by atoms with E-state index >= 15 is 0 Å². The summed E-state index contributed by atoms with van der Waals surface area (Å²) < 4.78 is 37.8. The monoisotopic (exact) mass is 349 g/mol. The van der Waals surface area contributed by atoms with Crippen LogP contribution in [-0.4, -0.2) is 13.1 Å². The molecule has 1 saturated carbocycles. The van der Waals surface area contributed by atoms with Crippen LogP contribution in [0.15, 0.2) is 23.8 Å². The van der Waals surface area contributed by atoms with Crippen molar-refractivity contribution in [3.05, 3.63) is 46.5 Å². The zero-order valence-electron chi connectivity index (χ0n) is 14.7. The summed E-state index contributed by atoms with van der Waals surface area (Å²) in [6.07, 6.45) is 1.76. The second kappa shape index (κ2) is 7.32. The van der Waals surface area contributed by atoms with Crippen molar-refractivity contribution in [1.82, 2.24) is 0 Å². The largest absolute Gasteiger partial charge is 0.460 e. The fourth-order valence-electron chi connectivity index (χ4n) is 2.99. The smallest absolute Gasteiger partial charge is 0.310 e. The van der Waals surface area contributed by atoms with Crippen molar-refractivity contribution < 1.29 is 23.0 Å². The number of hydrogen-bond donors (Lipinski definition) is 0. The summed E-state index contributed by atoms with van der Waals surface area (Å²) in [5, 5.41) is 8.86. The summed E-state index contributed by atoms with van der Waals surface area (Å²) in [4.78, 5) is 12.3. The molecule has 1 aromatic carbocycles. The van der Waals surface area contributed by atoms with Crippen molar-refractivity contribution >= 4 is 5.97 Å². The molecule has 0 heterocycles. The second-order valence-electron chi connectivity index (χ2n) is 6.86. The molecule has 1 aromatic rings. The highest BCUT2D eigenvalue weighted by Crippen LogP contribution is 2.59. The Kier molecular flexibility index (Phi) is 5.58. The maximum atomic E-state index is 14.0. The van der Waals surface area contributed by atoms with E-state index in [9.17, 15) is 13.6 Å². The van der Waals surface area contributed by atoms with Gasteiger partial charge in [0.25, 0.3) is 0 Å². The second-order valence-corrected chi connectivity index (χ2v) is 6.86. The number of halogens is 2. The van der Waals surface area contributed by atoms with Crippen molar-refractivity contribution in [2.24, 2.45) is 17.3 Å². The number of hydrogen-bond acceptors (Lipinski definition) is 4. The van der Waals surface area contributed by atoms with Gasteiger partial charge in [0.1, 0.15) is 18.2 Å². The minimum atomic E-state index is -0.645. The number of ether oxygens (including phenoxy) is 2. The highest BCUT2D eigenvalue weighted by molar-refractivity contribution is 5.78. The molecule has 0 amide bonds. The molecule has 0 saturated heterocycles. The summed E-state index contributed by atoms with van der Waals surface area (Å²) in [5.74, 6) is -2.21. The first-order valence-electron chi connectivity index (χ1n) is 7.93. The van der Waals surface area contributed by atoms with Crippen LogP contribution in [-0.2, 0) is 27.5 Å². The van der Waals surface area contributed by atoms with Crippen molar-refractivity contribution in [3.8, 4) is 6.07 Å². The van der Waals surface area contributed by atoms with E-state index in [1.165, 1.54) is 7.11 Å². The Morgan fingerprint density at radius 3 is 2.36 bits per heavy atom. The molecule has 1 fully saturated rings. The third kappa shape index (κ3) is 4.05. The summed E-state index contributed by atoms with van der Waals surface area (Å²) in [5.41, 5.74) is 0.302. The first-order chi connectivity index (χ1) is 11.7. The predicted octanol–water partition coefficient (Wildman–Crippen LogP) is 3.90. The summed E-state index contributed by atoms with van der Waals surface area (Å²) >= 11 is 0. The number of nitrogens with zero attached hydrogens (tertiary/aromatic N) is 1. The lowest BCUT2D eigenvalue weighted by atomic mass is 10.1. The van der Waals surface area contributed by atoms with Crippen LogP contribution in [0.2, 0.25) is 0 Å². The Labute approximate surface area is 146 Å². The minimum Gasteiger partial charge on any atom is -0.460 e. The zero-order valence-corrected chi connectivity index (χ0v) is 14.7. The van der Waals surface area contributed by atoms with Crippen LogP contribution in [0.4, 0.5) is 8.78 Å². The van der Waals surface area contributed by atoms with Gasteiger partial charge in [-0.1, -0.05) is 19.9 Å². The normalized spacial score (nSPS) is 21.6. The quantitative estimate of drug-likeness (QED) is 0.577. The number of allylic oxidation sites excluding steroid dienone is 2. The molecule has 0 aromatic heterocycles. The molecule has 6 heteroatoms. The lowest BCUT2D eigenvalue weighted by Gasteiger charge is -2.09. The lowest BCUT2D eigenvalue weighted by molar-refractivity contribution is -0.147. The Morgan fingerprint density at radius 1 is 1.28 bits per heavy atom. The van der Waals surface area contributed by atoms with Gasteiger partial charge < -0.3 is 9.47 Å². The van der Waals surface area contributed by atoms with Gasteiger partial charge in [0.2, 0.25) is 0 Å². The Morgan fingerprint density at radius 2 is 1.84 bits per heavy atom. The lowest BCUT2D eigenvalue weighted by Crippen LogP contribution is -2.12. The molecule has 0 radical (unpaired) electrons. The topological polar surface area (TPSA) is 59.3 Å². The number of benzene rings is 1. The summed E-state index contributed by atoms with van der Waals surface area (Å²) in [7, 11) is 1.39. The molecule has 2 unspecified atom stereocenters. The number of rotatable bonds is 6. The number of esters is 1. The average molecular weight is 349 g/mol. The van der Waals surface area contributed by atoms with Crippen molar-refractivity contribution in [1.29, 1.82) is 5.26 Å². The van der Waals surface area contributed by atoms with E-state index in [1.54, 1.807) is 13.0 Å². The van der Waals surface area contributed by atoms with Crippen LogP contribution in [0.3, 0.4) is 0 Å². The summed E-state index contributed by atoms with van der Waals surface area (Å²) in [6.45, 7) is 5.12. The highest BCUT2D eigenvalue weighted by Gasteiger charge is 2.61. The molecule has 1 aliphatic rings. The van der Waals surface area contributed by atoms with Crippen molar-refractivity contribution in [2.75, 3.05) is 7.11 Å². The maximum absolute atomic E-state index is 14.0. The first-order valence-corrected chi connectivity index (χ1v) is 7.93. The molecule has 0 aliphatic heterocycles. The number of methoxy groups -OCH3 is 1. The predicted molar refractivity (Wildman–Crippen MR) is 87.0 cm³/mol. The Balaban J connectivity index is 2.04. The molecule has 4 nitrogen and oxygen atoms in total. The standard InChI is InChI=1S/C19H21F2NO3/c1-11(8-22)5-14-17(19(14,2)3)18(23)25-10-13-7-15(20)12(9-24-4)6-16(13)21/h5-7,14,17H,9-10H2,1-4H3/b11-5-. The van der Waals surface area contributed by atoms with Gasteiger partial charge in [-0.2, -0.15) is 5.26 Å². The molecule has 2 atom stereocenters. The first kappa shape index (κ1) is 19.1. The zero-order chi connectivity index (χ0) is 18.8. The van der Waals surface area contributed by atoms with E-state index in [4.69, 9.17) is 14.7 Å². The average Bonchev–Trinajstić information content (AvgIpc) is 3.09. The maximum Gasteiger partial charge on any atom is 0.310 e. The molecule has 0 N–H and O–H groups in total. The van der Waals surface area contributed by atoms with Crippen LogP contribution in [0.5, 0.6) is 0 Å². The van der Waals surface area contributed by atoms with Gasteiger partial charge in [-0.25, -0.2) is 8.78 Å². The molecule has 2 rings (SSSR count). The van der Waals surface area contributed by atoms with E-state index in [1.807, 2.05) is 19.9 Å². The van der Waals surface area contributed by atoms with Crippen LogP contribution in [0.25, 0.3) is 0 Å². The van der Waals surface area contributed by atoms with Crippen molar-refractivity contribution in [3.63, 3.8) is 0 Å². The molecule has 0 spiro atoms. The van der Waals surface area contributed by atoms with E-state index in [0.717, 1.165) is 12.1 Å². The van der Waals surface area contributed by atoms with Gasteiger partial charge in [-0.05, 0) is 30.4 Å². The highest BCUT2D eigenvalue weighted by atomic mass is 19.1. The molecular weight excluding hydrogens is 328 g/mol. The fraction of sp³-hybridized carbons (Fsp3) is 0.474. The number of carbonyl (C=O) groups is 1. The van der Waals surface area contributed by atoms with Crippen LogP contribution in [0, 0.1) is 40.2 Å². The van der Waals surface area contributed by atoms with Gasteiger partial charge in [-0.3, -0.25) is 4.79 Å². The molecule has 0 bridgehead atoms. The van der Waals surface area contributed by atoms with E-state index in [2.05, 4.69) is 0 Å². The Bertz CT molecular complexity index is 750. The number of nitriles is 1. The van der Waals surface area contributed by atoms with Gasteiger partial charge >= 0.3 is 5.97 Å². The van der Waals surface area contributed by atoms with Crippen LogP contribution < -0.4 is 0 Å². The Hall–Kier alpha value is -2.26. The third-order valence-electron chi connectivity index (χ3n) is 4.66. The molecule has 1 aliphatic carbocycles. The van der Waals surface area contributed by atoms with E-state index in [0.29, 0.717) is 5.57 Å². The number of carbonyl (C=O) groups excluding carboxylic acids is 1. The molecule has 134 valence electrons. The van der Waals surface area contributed by atoms with Gasteiger partial charge in [0.15, 0.2) is 0 Å². The molecule has 25 heavy (non-hydrogen) atoms. The van der Waals surface area contributed by atoms with Gasteiger partial charge in [-0.15, -0.1) is 0 Å². The summed E-state index contributed by atoms with van der Waals surface area (Å²) in [6, 6.07) is 4.09. The SMILES string of the molecule is COCc1cc(F)c(COC(=O)C2C(/C=C(/C)C#N)C2(C)C)cc1F.